The lowest BCUT2D eigenvalue weighted by atomic mass is 10.0. The third kappa shape index (κ3) is 50.3. The first-order valence-electron chi connectivity index (χ1n) is 29.7. The van der Waals surface area contributed by atoms with Crippen LogP contribution in [0.3, 0.4) is 0 Å². The van der Waals surface area contributed by atoms with E-state index >= 15 is 0 Å². The predicted molar refractivity (Wildman–Crippen MR) is 292 cm³/mol. The second-order valence-electron chi connectivity index (χ2n) is 20.4. The number of amides is 1. The smallest absolute Gasteiger partial charge is 0.306 e. The maximum atomic E-state index is 13.3. The molecule has 0 saturated heterocycles. The number of ether oxygens (including phenoxy) is 1. The van der Waals surface area contributed by atoms with Crippen LogP contribution in [0.4, 0.5) is 0 Å². The Morgan fingerprint density at radius 1 is 0.433 bits per heavy atom. The number of carbonyl (C=O) groups is 2. The molecule has 0 aliphatic rings. The summed E-state index contributed by atoms with van der Waals surface area (Å²) in [4.78, 5) is 26.3. The van der Waals surface area contributed by atoms with Crippen LogP contribution in [0.5, 0.6) is 0 Å². The fraction of sp³-hybridized carbons (Fsp3) is 0.869. The van der Waals surface area contributed by atoms with Gasteiger partial charge in [-0.25, -0.2) is 0 Å². The van der Waals surface area contributed by atoms with Gasteiger partial charge in [0.05, 0.1) is 25.2 Å². The summed E-state index contributed by atoms with van der Waals surface area (Å²) in [6.45, 7) is 6.49. The summed E-state index contributed by atoms with van der Waals surface area (Å²) in [6.07, 6.45) is 66.4. The van der Waals surface area contributed by atoms with Crippen molar-refractivity contribution in [3.8, 4) is 0 Å². The molecule has 0 aromatic heterocycles. The molecule has 0 spiro atoms. The van der Waals surface area contributed by atoms with Gasteiger partial charge in [0.25, 0.3) is 0 Å². The van der Waals surface area contributed by atoms with E-state index in [1.165, 1.54) is 199 Å². The van der Waals surface area contributed by atoms with Crippen LogP contribution in [0.2, 0.25) is 0 Å². The monoisotopic (exact) mass is 942 g/mol. The van der Waals surface area contributed by atoms with E-state index in [-0.39, 0.29) is 24.9 Å². The number of aliphatic hydroxyl groups excluding tert-OH is 2. The van der Waals surface area contributed by atoms with Gasteiger partial charge in [0, 0.05) is 6.42 Å². The number of rotatable bonds is 54. The van der Waals surface area contributed by atoms with Crippen LogP contribution in [0, 0.1) is 0 Å². The van der Waals surface area contributed by atoms with Gasteiger partial charge in [0.2, 0.25) is 5.91 Å². The van der Waals surface area contributed by atoms with Gasteiger partial charge in [-0.2, -0.15) is 0 Å². The van der Waals surface area contributed by atoms with Gasteiger partial charge in [-0.15, -0.1) is 0 Å². The molecule has 0 heterocycles. The van der Waals surface area contributed by atoms with Crippen molar-refractivity contribution in [3.05, 3.63) is 36.5 Å². The number of carbonyl (C=O) groups excluding carboxylic acids is 2. The average molecular weight is 943 g/mol. The number of aliphatic hydroxyl groups is 2. The second kappa shape index (κ2) is 55.0. The number of nitrogens with one attached hydrogen (secondary N) is 1. The highest BCUT2D eigenvalue weighted by molar-refractivity contribution is 5.77. The van der Waals surface area contributed by atoms with Gasteiger partial charge in [-0.3, -0.25) is 9.59 Å². The molecule has 0 aliphatic carbocycles. The van der Waals surface area contributed by atoms with E-state index in [1.54, 1.807) is 0 Å². The average Bonchev–Trinajstić information content (AvgIpc) is 3.32. The van der Waals surface area contributed by atoms with E-state index in [1.807, 2.05) is 0 Å². The number of hydrogen-bond donors (Lipinski definition) is 3. The molecule has 394 valence electrons. The van der Waals surface area contributed by atoms with Crippen LogP contribution in [-0.4, -0.2) is 46.9 Å². The zero-order valence-electron chi connectivity index (χ0n) is 45.0. The van der Waals surface area contributed by atoms with E-state index in [4.69, 9.17) is 4.74 Å². The number of unbranched alkanes of at least 4 members (excludes halogenated alkanes) is 36. The molecule has 0 aromatic carbocycles. The minimum Gasteiger partial charge on any atom is -0.462 e. The predicted octanol–water partition coefficient (Wildman–Crippen LogP) is 18.4. The SMILES string of the molecule is CCCCC/C=C\C/C=C\C/C=C\CCCCCCC(=O)OC(CCCCCCCCCCCCCCCC)CC(=O)NC(CO)C(O)CCCCCCCCCCCCCCCCCCC. The summed E-state index contributed by atoms with van der Waals surface area (Å²) in [5, 5.41) is 23.9. The highest BCUT2D eigenvalue weighted by atomic mass is 16.5. The van der Waals surface area contributed by atoms with Crippen molar-refractivity contribution in [1.82, 2.24) is 5.32 Å². The van der Waals surface area contributed by atoms with Gasteiger partial charge in [-0.05, 0) is 64.2 Å². The molecule has 3 N–H and O–H groups in total. The van der Waals surface area contributed by atoms with Gasteiger partial charge >= 0.3 is 5.97 Å². The molecule has 0 fully saturated rings. The van der Waals surface area contributed by atoms with Crippen molar-refractivity contribution in [2.75, 3.05) is 6.61 Å². The lowest BCUT2D eigenvalue weighted by Crippen LogP contribution is -2.46. The molecule has 0 aliphatic heterocycles. The van der Waals surface area contributed by atoms with Gasteiger partial charge in [-0.1, -0.05) is 276 Å². The van der Waals surface area contributed by atoms with E-state index in [0.717, 1.165) is 70.6 Å². The minimum atomic E-state index is -0.790. The van der Waals surface area contributed by atoms with Crippen LogP contribution in [0.1, 0.15) is 316 Å². The lowest BCUT2D eigenvalue weighted by molar-refractivity contribution is -0.151. The number of esters is 1. The van der Waals surface area contributed by atoms with Crippen molar-refractivity contribution in [2.45, 2.75) is 334 Å². The minimum absolute atomic E-state index is 0.0732. The largest absolute Gasteiger partial charge is 0.462 e. The van der Waals surface area contributed by atoms with Crippen molar-refractivity contribution in [3.63, 3.8) is 0 Å². The van der Waals surface area contributed by atoms with Gasteiger partial charge in [0.15, 0.2) is 0 Å². The van der Waals surface area contributed by atoms with Crippen LogP contribution < -0.4 is 5.32 Å². The fourth-order valence-corrected chi connectivity index (χ4v) is 9.20. The Kier molecular flexibility index (Phi) is 53.4. The number of allylic oxidation sites excluding steroid dienone is 6. The summed E-state index contributed by atoms with van der Waals surface area (Å²) in [5.41, 5.74) is 0. The Labute approximate surface area is 417 Å². The number of hydrogen-bond acceptors (Lipinski definition) is 5. The van der Waals surface area contributed by atoms with Crippen LogP contribution in [0.15, 0.2) is 36.5 Å². The molecule has 1 amide bonds. The van der Waals surface area contributed by atoms with Crippen molar-refractivity contribution >= 4 is 11.9 Å². The third-order valence-corrected chi connectivity index (χ3v) is 13.7. The Bertz CT molecular complexity index is 1100. The van der Waals surface area contributed by atoms with Crippen molar-refractivity contribution in [2.24, 2.45) is 0 Å². The normalized spacial score (nSPS) is 13.3. The quantitative estimate of drug-likeness (QED) is 0.0321. The zero-order chi connectivity index (χ0) is 48.8. The highest BCUT2D eigenvalue weighted by Gasteiger charge is 2.24. The Morgan fingerprint density at radius 3 is 1.18 bits per heavy atom. The summed E-state index contributed by atoms with van der Waals surface area (Å²) in [5.74, 6) is -0.481. The molecular weight excluding hydrogens is 827 g/mol. The van der Waals surface area contributed by atoms with Crippen molar-refractivity contribution < 1.29 is 24.5 Å². The molecule has 67 heavy (non-hydrogen) atoms. The molecule has 0 radical (unpaired) electrons. The highest BCUT2D eigenvalue weighted by Crippen LogP contribution is 2.19. The first-order chi connectivity index (χ1) is 33.0. The molecule has 0 saturated carbocycles. The van der Waals surface area contributed by atoms with Crippen molar-refractivity contribution in [1.29, 1.82) is 0 Å². The molecule has 3 atom stereocenters. The van der Waals surface area contributed by atoms with E-state index in [2.05, 4.69) is 62.5 Å². The molecule has 6 heteroatoms. The van der Waals surface area contributed by atoms with E-state index in [0.29, 0.717) is 19.3 Å². The molecule has 0 aromatic rings. The molecule has 0 bridgehead atoms. The van der Waals surface area contributed by atoms with E-state index in [9.17, 15) is 19.8 Å². The zero-order valence-corrected chi connectivity index (χ0v) is 45.0. The summed E-state index contributed by atoms with van der Waals surface area (Å²) in [7, 11) is 0. The van der Waals surface area contributed by atoms with Crippen LogP contribution in [-0.2, 0) is 14.3 Å². The molecule has 6 nitrogen and oxygen atoms in total. The summed E-state index contributed by atoms with van der Waals surface area (Å²) >= 11 is 0. The molecule has 0 rings (SSSR count). The van der Waals surface area contributed by atoms with E-state index < -0.39 is 18.2 Å². The second-order valence-corrected chi connectivity index (χ2v) is 20.4. The summed E-state index contributed by atoms with van der Waals surface area (Å²) in [6, 6.07) is -0.704. The maximum absolute atomic E-state index is 13.3. The van der Waals surface area contributed by atoms with Crippen LogP contribution in [0.25, 0.3) is 0 Å². The fourth-order valence-electron chi connectivity index (χ4n) is 9.20. The summed E-state index contributed by atoms with van der Waals surface area (Å²) < 4.78 is 5.96. The lowest BCUT2D eigenvalue weighted by Gasteiger charge is -2.24. The van der Waals surface area contributed by atoms with Crippen LogP contribution >= 0.6 is 0 Å². The topological polar surface area (TPSA) is 95.9 Å². The Balaban J connectivity index is 4.53. The third-order valence-electron chi connectivity index (χ3n) is 13.7. The maximum Gasteiger partial charge on any atom is 0.306 e. The Morgan fingerprint density at radius 2 is 0.761 bits per heavy atom. The van der Waals surface area contributed by atoms with Gasteiger partial charge < -0.3 is 20.3 Å². The standard InChI is InChI=1S/C61H115NO5/c1-4-7-10-13-16-19-22-25-28-30-32-35-38-41-44-47-50-53-59(64)58(56-63)62-60(65)55-57(52-49-46-43-40-37-34-27-24-21-18-15-12-9-6-3)67-61(66)54-51-48-45-42-39-36-33-31-29-26-23-20-17-14-11-8-5-2/h17,20,26,29,33,36,57-59,63-64H,4-16,18-19,21-25,27-28,30-32,34-35,37-56H2,1-3H3,(H,62,65)/b20-17-,29-26-,36-33-. The Hall–Kier alpha value is -1.92. The molecular formula is C61H115NO5. The van der Waals surface area contributed by atoms with Gasteiger partial charge in [0.1, 0.15) is 6.10 Å². The first-order valence-corrected chi connectivity index (χ1v) is 29.7. The molecule has 3 unspecified atom stereocenters. The first kappa shape index (κ1) is 65.1.